The van der Waals surface area contributed by atoms with Gasteiger partial charge in [-0.1, -0.05) is 84.0 Å². The zero-order chi connectivity index (χ0) is 26.6. The lowest BCUT2D eigenvalue weighted by molar-refractivity contribution is -0.144. The van der Waals surface area contributed by atoms with E-state index < -0.39 is 12.2 Å². The van der Waals surface area contributed by atoms with E-state index in [-0.39, 0.29) is 17.8 Å². The molecule has 1 aliphatic carbocycles. The molecule has 0 bridgehead atoms. The Kier molecular flexibility index (Phi) is 7.26. The van der Waals surface area contributed by atoms with Crippen LogP contribution in [-0.2, 0) is 14.3 Å². The van der Waals surface area contributed by atoms with Crippen molar-refractivity contribution in [2.24, 2.45) is 5.92 Å². The summed E-state index contributed by atoms with van der Waals surface area (Å²) in [5.74, 6) is 0.584. The first-order valence-corrected chi connectivity index (χ1v) is 12.8. The number of carbonyl (C=O) groups is 2. The maximum absolute atomic E-state index is 12.6. The summed E-state index contributed by atoms with van der Waals surface area (Å²) < 4.78 is 16.2. The smallest absolute Gasteiger partial charge is 0.412 e. The van der Waals surface area contributed by atoms with Crippen molar-refractivity contribution in [3.05, 3.63) is 95.7 Å². The van der Waals surface area contributed by atoms with E-state index in [0.717, 1.165) is 34.2 Å². The highest BCUT2D eigenvalue weighted by Crippen LogP contribution is 2.48. The topological polar surface area (TPSA) is 90.7 Å². The van der Waals surface area contributed by atoms with Gasteiger partial charge in [0.1, 0.15) is 17.5 Å². The van der Waals surface area contributed by atoms with Crippen LogP contribution in [0.25, 0.3) is 22.5 Å². The second-order valence-corrected chi connectivity index (χ2v) is 9.46. The third-order valence-electron chi connectivity index (χ3n) is 6.84. The summed E-state index contributed by atoms with van der Waals surface area (Å²) in [5.41, 5.74) is 6.00. The molecule has 7 heteroatoms. The van der Waals surface area contributed by atoms with Crippen molar-refractivity contribution in [1.82, 2.24) is 5.16 Å². The first kappa shape index (κ1) is 25.3. The van der Waals surface area contributed by atoms with Gasteiger partial charge in [-0.15, -0.1) is 0 Å². The minimum absolute atomic E-state index is 0.0212. The molecule has 1 N–H and O–H groups in total. The number of esters is 1. The minimum atomic E-state index is -0.577. The Morgan fingerprint density at radius 3 is 2.26 bits per heavy atom. The van der Waals surface area contributed by atoms with Gasteiger partial charge in [-0.3, -0.25) is 10.1 Å². The van der Waals surface area contributed by atoms with Gasteiger partial charge in [-0.05, 0) is 55.4 Å². The Labute approximate surface area is 221 Å². The van der Waals surface area contributed by atoms with E-state index in [1.807, 2.05) is 68.4 Å². The molecule has 5 rings (SSSR count). The lowest BCUT2D eigenvalue weighted by Crippen LogP contribution is -2.16. The molecular weight excluding hydrogens is 480 g/mol. The number of amides is 1. The van der Waals surface area contributed by atoms with Crippen LogP contribution >= 0.6 is 0 Å². The molecule has 1 saturated carbocycles. The fourth-order valence-electron chi connectivity index (χ4n) is 4.61. The normalized spacial score (nSPS) is 16.9. The maximum Gasteiger partial charge on any atom is 0.412 e. The second-order valence-electron chi connectivity index (χ2n) is 9.46. The van der Waals surface area contributed by atoms with E-state index in [2.05, 4.69) is 34.7 Å². The number of benzene rings is 3. The van der Waals surface area contributed by atoms with Crippen LogP contribution in [0.4, 0.5) is 10.5 Å². The lowest BCUT2D eigenvalue weighted by atomic mass is 10.00. The first-order valence-electron chi connectivity index (χ1n) is 12.8. The number of carbonyl (C=O) groups excluding carboxylic acids is 2. The fourth-order valence-corrected chi connectivity index (χ4v) is 4.61. The summed E-state index contributed by atoms with van der Waals surface area (Å²) in [6.07, 6.45) is -0.133. The molecule has 0 aliphatic heterocycles. The van der Waals surface area contributed by atoms with Gasteiger partial charge >= 0.3 is 12.1 Å². The molecule has 0 radical (unpaired) electrons. The third-order valence-corrected chi connectivity index (χ3v) is 6.84. The molecular formula is C31H30N2O5. The van der Waals surface area contributed by atoms with Gasteiger partial charge in [0.25, 0.3) is 0 Å². The van der Waals surface area contributed by atoms with E-state index in [4.69, 9.17) is 14.0 Å². The monoisotopic (exact) mass is 510 g/mol. The summed E-state index contributed by atoms with van der Waals surface area (Å²) in [7, 11) is 0. The van der Waals surface area contributed by atoms with Gasteiger partial charge in [0.05, 0.1) is 12.5 Å². The number of nitrogens with zero attached hydrogens (tertiary/aromatic N) is 1. The van der Waals surface area contributed by atoms with Crippen LogP contribution in [0, 0.1) is 12.8 Å². The molecule has 1 aromatic heterocycles. The molecule has 1 aliphatic rings. The average Bonchev–Trinajstić information content (AvgIpc) is 3.67. The number of anilines is 1. The number of hydrogen-bond donors (Lipinski definition) is 1. The van der Waals surface area contributed by atoms with Gasteiger partial charge < -0.3 is 14.0 Å². The van der Waals surface area contributed by atoms with Crippen molar-refractivity contribution in [2.45, 2.75) is 39.2 Å². The van der Waals surface area contributed by atoms with E-state index in [0.29, 0.717) is 23.7 Å². The van der Waals surface area contributed by atoms with Crippen LogP contribution in [-0.4, -0.2) is 23.8 Å². The van der Waals surface area contributed by atoms with Gasteiger partial charge in [-0.2, -0.15) is 0 Å². The highest BCUT2D eigenvalue weighted by molar-refractivity contribution is 5.91. The molecule has 4 aromatic rings. The number of hydrogen-bond acceptors (Lipinski definition) is 6. The van der Waals surface area contributed by atoms with Crippen molar-refractivity contribution in [1.29, 1.82) is 0 Å². The summed E-state index contributed by atoms with van der Waals surface area (Å²) in [5, 5.41) is 6.84. The zero-order valence-electron chi connectivity index (χ0n) is 21.6. The Hall–Kier alpha value is -4.39. The Morgan fingerprint density at radius 2 is 1.61 bits per heavy atom. The third kappa shape index (κ3) is 5.47. The molecule has 1 amide bonds. The van der Waals surface area contributed by atoms with Crippen LogP contribution in [0.5, 0.6) is 0 Å². The van der Waals surface area contributed by atoms with Gasteiger partial charge in [-0.25, -0.2) is 4.79 Å². The van der Waals surface area contributed by atoms with Crippen LogP contribution in [0.1, 0.15) is 49.1 Å². The van der Waals surface area contributed by atoms with Gasteiger partial charge in [0.2, 0.25) is 0 Å². The average molecular weight is 511 g/mol. The summed E-state index contributed by atoms with van der Waals surface area (Å²) in [6, 6.07) is 25.7. The number of nitrogens with one attached hydrogen (secondary N) is 1. The van der Waals surface area contributed by atoms with Gasteiger partial charge in [0.15, 0.2) is 5.76 Å². The predicted octanol–water partition coefficient (Wildman–Crippen LogP) is 7.29. The number of rotatable bonds is 8. The van der Waals surface area contributed by atoms with Crippen LogP contribution < -0.4 is 5.32 Å². The van der Waals surface area contributed by atoms with E-state index in [9.17, 15) is 9.59 Å². The van der Waals surface area contributed by atoms with Crippen molar-refractivity contribution in [3.8, 4) is 22.5 Å². The van der Waals surface area contributed by atoms with E-state index >= 15 is 0 Å². The van der Waals surface area contributed by atoms with Crippen LogP contribution in [0.15, 0.2) is 83.4 Å². The quantitative estimate of drug-likeness (QED) is 0.250. The highest BCUT2D eigenvalue weighted by atomic mass is 16.6. The first-order chi connectivity index (χ1) is 18.4. The largest absolute Gasteiger partial charge is 0.466 e. The minimum Gasteiger partial charge on any atom is -0.466 e. The molecule has 194 valence electrons. The molecule has 3 atom stereocenters. The van der Waals surface area contributed by atoms with E-state index in [1.54, 1.807) is 6.92 Å². The summed E-state index contributed by atoms with van der Waals surface area (Å²) in [6.45, 7) is 5.84. The highest BCUT2D eigenvalue weighted by Gasteiger charge is 2.45. The van der Waals surface area contributed by atoms with E-state index in [1.165, 1.54) is 0 Å². The Bertz CT molecular complexity index is 1410. The molecule has 38 heavy (non-hydrogen) atoms. The second kappa shape index (κ2) is 10.9. The van der Waals surface area contributed by atoms with Crippen LogP contribution in [0.2, 0.25) is 0 Å². The molecule has 7 nitrogen and oxygen atoms in total. The molecule has 1 unspecified atom stereocenters. The standard InChI is InChI=1S/C31H30N2O5/c1-4-36-30(34)27-18-26(27)24-14-10-22(11-15-24)23-12-16-25(17-13-23)29-28(19(2)33-38-29)32-31(35)37-20(3)21-8-6-5-7-9-21/h5-17,20,26-27H,4,18H2,1-3H3,(H,32,35)/t20-,26?,27+/m1/s1. The molecule has 3 aromatic carbocycles. The molecule has 1 heterocycles. The van der Waals surface area contributed by atoms with Crippen molar-refractivity contribution in [3.63, 3.8) is 0 Å². The molecule has 0 saturated heterocycles. The lowest BCUT2D eigenvalue weighted by Gasteiger charge is -2.14. The van der Waals surface area contributed by atoms with Crippen molar-refractivity contribution >= 4 is 17.7 Å². The molecule has 1 fully saturated rings. The zero-order valence-corrected chi connectivity index (χ0v) is 21.6. The number of ether oxygens (including phenoxy) is 2. The van der Waals surface area contributed by atoms with Gasteiger partial charge in [0, 0.05) is 5.56 Å². The number of aryl methyl sites for hydroxylation is 1. The summed E-state index contributed by atoms with van der Waals surface area (Å²) in [4.78, 5) is 24.6. The Balaban J connectivity index is 1.25. The number of aromatic nitrogens is 1. The van der Waals surface area contributed by atoms with Crippen LogP contribution in [0.3, 0.4) is 0 Å². The Morgan fingerprint density at radius 1 is 0.974 bits per heavy atom. The fraction of sp³-hybridized carbons (Fsp3) is 0.258. The van der Waals surface area contributed by atoms with Crippen molar-refractivity contribution in [2.75, 3.05) is 11.9 Å². The van der Waals surface area contributed by atoms with Crippen molar-refractivity contribution < 1.29 is 23.6 Å². The predicted molar refractivity (Wildman–Crippen MR) is 145 cm³/mol. The SMILES string of the molecule is CCOC(=O)[C@H]1CC1c1ccc(-c2ccc(-c3onc(C)c3NC(=O)O[C@H](C)c3ccccc3)cc2)cc1. The summed E-state index contributed by atoms with van der Waals surface area (Å²) >= 11 is 0. The maximum atomic E-state index is 12.6. The molecule has 0 spiro atoms.